The number of hydrogen-bond acceptors (Lipinski definition) is 3. The van der Waals surface area contributed by atoms with Gasteiger partial charge in [0.2, 0.25) is 5.91 Å². The predicted molar refractivity (Wildman–Crippen MR) is 80.7 cm³/mol. The maximum atomic E-state index is 12.4. The lowest BCUT2D eigenvalue weighted by atomic mass is 9.88. The minimum Gasteiger partial charge on any atom is -0.381 e. The molecule has 1 aliphatic carbocycles. The number of ether oxygens (including phenoxy) is 1. The monoisotopic (exact) mass is 282 g/mol. The molecule has 0 unspecified atom stereocenters. The number of nitrogens with one attached hydrogen (secondary N) is 1. The van der Waals surface area contributed by atoms with Gasteiger partial charge in [0.25, 0.3) is 0 Å². The fourth-order valence-corrected chi connectivity index (χ4v) is 3.47. The molecule has 1 amide bonds. The molecule has 1 heterocycles. The van der Waals surface area contributed by atoms with Crippen LogP contribution in [0.4, 0.5) is 0 Å². The number of carbonyl (C=O) groups excluding carboxylic acids is 1. The van der Waals surface area contributed by atoms with Crippen LogP contribution in [-0.2, 0) is 9.53 Å². The molecule has 0 aromatic rings. The van der Waals surface area contributed by atoms with E-state index in [1.807, 2.05) is 0 Å². The van der Waals surface area contributed by atoms with Crippen molar-refractivity contribution in [3.63, 3.8) is 0 Å². The third-order valence-electron chi connectivity index (χ3n) is 5.19. The molecule has 0 bridgehead atoms. The van der Waals surface area contributed by atoms with E-state index >= 15 is 0 Å². The average molecular weight is 282 g/mol. The Bertz CT molecular complexity index is 304. The second-order valence-corrected chi connectivity index (χ2v) is 6.64. The topological polar surface area (TPSA) is 41.6 Å². The summed E-state index contributed by atoms with van der Waals surface area (Å²) in [7, 11) is 4.23. The molecule has 0 aromatic heterocycles. The van der Waals surface area contributed by atoms with E-state index in [0.717, 1.165) is 45.4 Å². The second kappa shape index (κ2) is 7.41. The van der Waals surface area contributed by atoms with Crippen LogP contribution >= 0.6 is 0 Å². The van der Waals surface area contributed by atoms with E-state index in [1.54, 1.807) is 0 Å². The van der Waals surface area contributed by atoms with Gasteiger partial charge in [0.05, 0.1) is 0 Å². The van der Waals surface area contributed by atoms with Crippen molar-refractivity contribution in [2.45, 2.75) is 56.9 Å². The highest BCUT2D eigenvalue weighted by molar-refractivity contribution is 5.78. The van der Waals surface area contributed by atoms with Crippen LogP contribution in [0.1, 0.15) is 51.4 Å². The van der Waals surface area contributed by atoms with E-state index in [2.05, 4.69) is 24.3 Å². The molecule has 0 radical (unpaired) electrons. The molecule has 1 saturated carbocycles. The molecule has 4 heteroatoms. The van der Waals surface area contributed by atoms with Crippen LogP contribution in [0.15, 0.2) is 0 Å². The Kier molecular flexibility index (Phi) is 5.85. The molecule has 116 valence electrons. The van der Waals surface area contributed by atoms with Gasteiger partial charge >= 0.3 is 0 Å². The summed E-state index contributed by atoms with van der Waals surface area (Å²) in [5.41, 5.74) is 0.0820. The van der Waals surface area contributed by atoms with Gasteiger partial charge < -0.3 is 15.0 Å². The van der Waals surface area contributed by atoms with Gasteiger partial charge in [-0.05, 0) is 39.8 Å². The molecule has 0 spiro atoms. The van der Waals surface area contributed by atoms with E-state index in [1.165, 1.54) is 25.7 Å². The summed E-state index contributed by atoms with van der Waals surface area (Å²) in [5.74, 6) is 0.524. The summed E-state index contributed by atoms with van der Waals surface area (Å²) in [6, 6.07) is 0. The van der Waals surface area contributed by atoms with Gasteiger partial charge in [0, 0.05) is 31.2 Å². The van der Waals surface area contributed by atoms with Crippen LogP contribution in [0, 0.1) is 5.92 Å². The Balaban J connectivity index is 1.86. The normalized spacial score (nSPS) is 24.4. The molecule has 0 atom stereocenters. The zero-order chi connectivity index (χ0) is 14.4. The fraction of sp³-hybridized carbons (Fsp3) is 0.938. The van der Waals surface area contributed by atoms with Gasteiger partial charge in [-0.25, -0.2) is 0 Å². The predicted octanol–water partition coefficient (Wildman–Crippen LogP) is 2.18. The summed E-state index contributed by atoms with van der Waals surface area (Å²) in [5, 5.41) is 3.24. The third kappa shape index (κ3) is 3.95. The number of amides is 1. The van der Waals surface area contributed by atoms with Crippen molar-refractivity contribution in [1.82, 2.24) is 10.2 Å². The number of hydrogen-bond donors (Lipinski definition) is 1. The van der Waals surface area contributed by atoms with Gasteiger partial charge in [-0.15, -0.1) is 0 Å². The Hall–Kier alpha value is -0.610. The zero-order valence-corrected chi connectivity index (χ0v) is 13.1. The lowest BCUT2D eigenvalue weighted by Gasteiger charge is -2.43. The highest BCUT2D eigenvalue weighted by atomic mass is 16.5. The standard InChI is InChI=1S/C16H30N2O2/c1-18(2)16(9-11-20-12-10-16)13-17-15(19)14-7-5-3-4-6-8-14/h14H,3-13H2,1-2H3,(H,17,19). The lowest BCUT2D eigenvalue weighted by molar-refractivity contribution is -0.126. The van der Waals surface area contributed by atoms with Gasteiger partial charge in [0.1, 0.15) is 0 Å². The molecule has 4 nitrogen and oxygen atoms in total. The number of rotatable bonds is 4. The minimum absolute atomic E-state index is 0.0820. The van der Waals surface area contributed by atoms with Crippen molar-refractivity contribution >= 4 is 5.91 Å². The largest absolute Gasteiger partial charge is 0.381 e. The Labute approximate surface area is 123 Å². The smallest absolute Gasteiger partial charge is 0.223 e. The highest BCUT2D eigenvalue weighted by Crippen LogP contribution is 2.26. The third-order valence-corrected chi connectivity index (χ3v) is 5.19. The molecule has 1 N–H and O–H groups in total. The van der Waals surface area contributed by atoms with Crippen LogP contribution in [0.3, 0.4) is 0 Å². The van der Waals surface area contributed by atoms with Crippen LogP contribution in [0.25, 0.3) is 0 Å². The van der Waals surface area contributed by atoms with Crippen LogP contribution < -0.4 is 5.32 Å². The summed E-state index contributed by atoms with van der Waals surface area (Å²) < 4.78 is 5.48. The summed E-state index contributed by atoms with van der Waals surface area (Å²) >= 11 is 0. The Morgan fingerprint density at radius 2 is 1.75 bits per heavy atom. The van der Waals surface area contributed by atoms with Crippen molar-refractivity contribution in [3.8, 4) is 0 Å². The van der Waals surface area contributed by atoms with E-state index in [9.17, 15) is 4.79 Å². The Morgan fingerprint density at radius 1 is 1.15 bits per heavy atom. The summed E-state index contributed by atoms with van der Waals surface area (Å²) in [6.45, 7) is 2.37. The zero-order valence-electron chi connectivity index (χ0n) is 13.1. The van der Waals surface area contributed by atoms with Gasteiger partial charge in [-0.2, -0.15) is 0 Å². The fourth-order valence-electron chi connectivity index (χ4n) is 3.47. The highest BCUT2D eigenvalue weighted by Gasteiger charge is 2.35. The molecule has 2 aliphatic rings. The molecule has 2 rings (SSSR count). The second-order valence-electron chi connectivity index (χ2n) is 6.64. The van der Waals surface area contributed by atoms with E-state index in [-0.39, 0.29) is 17.4 Å². The van der Waals surface area contributed by atoms with E-state index < -0.39 is 0 Å². The molecule has 1 aliphatic heterocycles. The molecular weight excluding hydrogens is 252 g/mol. The van der Waals surface area contributed by atoms with E-state index in [0.29, 0.717) is 0 Å². The summed E-state index contributed by atoms with van der Waals surface area (Å²) in [4.78, 5) is 14.7. The van der Waals surface area contributed by atoms with Crippen LogP contribution in [0.5, 0.6) is 0 Å². The maximum Gasteiger partial charge on any atom is 0.223 e. The van der Waals surface area contributed by atoms with Crippen molar-refractivity contribution < 1.29 is 9.53 Å². The first kappa shape index (κ1) is 15.8. The van der Waals surface area contributed by atoms with Gasteiger partial charge in [0.15, 0.2) is 0 Å². The first-order valence-electron chi connectivity index (χ1n) is 8.17. The van der Waals surface area contributed by atoms with Crippen molar-refractivity contribution in [2.75, 3.05) is 33.9 Å². The molecule has 0 aromatic carbocycles. The van der Waals surface area contributed by atoms with Crippen molar-refractivity contribution in [1.29, 1.82) is 0 Å². The molecular formula is C16H30N2O2. The van der Waals surface area contributed by atoms with E-state index in [4.69, 9.17) is 4.74 Å². The number of likely N-dealkylation sites (N-methyl/N-ethyl adjacent to an activating group) is 1. The van der Waals surface area contributed by atoms with Crippen molar-refractivity contribution in [3.05, 3.63) is 0 Å². The first-order valence-corrected chi connectivity index (χ1v) is 8.17. The van der Waals surface area contributed by atoms with Crippen molar-refractivity contribution in [2.24, 2.45) is 5.92 Å². The molecule has 20 heavy (non-hydrogen) atoms. The first-order chi connectivity index (χ1) is 9.64. The van der Waals surface area contributed by atoms with Gasteiger partial charge in [-0.1, -0.05) is 25.7 Å². The lowest BCUT2D eigenvalue weighted by Crippen LogP contribution is -2.56. The van der Waals surface area contributed by atoms with Crippen LogP contribution in [0.2, 0.25) is 0 Å². The Morgan fingerprint density at radius 3 is 2.30 bits per heavy atom. The maximum absolute atomic E-state index is 12.4. The number of carbonyl (C=O) groups is 1. The SMILES string of the molecule is CN(C)C1(CNC(=O)C2CCCCCC2)CCOCC1. The van der Waals surface area contributed by atoms with Gasteiger partial charge in [-0.3, -0.25) is 4.79 Å². The minimum atomic E-state index is 0.0820. The quantitative estimate of drug-likeness (QED) is 0.804. The molecule has 2 fully saturated rings. The van der Waals surface area contributed by atoms with Crippen LogP contribution in [-0.4, -0.2) is 50.2 Å². The molecule has 1 saturated heterocycles. The summed E-state index contributed by atoms with van der Waals surface area (Å²) in [6.07, 6.45) is 9.17. The average Bonchev–Trinajstić information content (AvgIpc) is 2.74. The number of nitrogens with zero attached hydrogens (tertiary/aromatic N) is 1.